The van der Waals surface area contributed by atoms with Crippen LogP contribution in [0.1, 0.15) is 62.8 Å². The molecule has 1 aliphatic rings. The van der Waals surface area contributed by atoms with Crippen LogP contribution in [0.15, 0.2) is 0 Å². The molecule has 6 heteroatoms. The summed E-state index contributed by atoms with van der Waals surface area (Å²) in [6, 6.07) is 0.520. The van der Waals surface area contributed by atoms with Gasteiger partial charge in [0.1, 0.15) is 0 Å². The van der Waals surface area contributed by atoms with E-state index in [1.54, 1.807) is 0 Å². The van der Waals surface area contributed by atoms with E-state index >= 15 is 0 Å². The molecule has 1 fully saturated rings. The van der Waals surface area contributed by atoms with E-state index in [4.69, 9.17) is 0 Å². The van der Waals surface area contributed by atoms with Crippen molar-refractivity contribution in [3.63, 3.8) is 0 Å². The van der Waals surface area contributed by atoms with E-state index < -0.39 is 0 Å². The van der Waals surface area contributed by atoms with Crippen molar-refractivity contribution >= 4 is 5.91 Å². The maximum absolute atomic E-state index is 12.8. The molecule has 0 bridgehead atoms. The zero-order valence-corrected chi connectivity index (χ0v) is 14.5. The summed E-state index contributed by atoms with van der Waals surface area (Å²) in [5.74, 6) is 0.438. The smallest absolute Gasteiger partial charge is 0.276 e. The normalized spacial score (nSPS) is 16.5. The molecule has 124 valence electrons. The fraction of sp³-hybridized carbons (Fsp3) is 0.812. The molecule has 0 atom stereocenters. The van der Waals surface area contributed by atoms with Gasteiger partial charge in [-0.25, -0.2) is 4.68 Å². The summed E-state index contributed by atoms with van der Waals surface area (Å²) in [4.78, 5) is 14.7. The lowest BCUT2D eigenvalue weighted by Gasteiger charge is -2.28. The van der Waals surface area contributed by atoms with Crippen LogP contribution >= 0.6 is 0 Å². The van der Waals surface area contributed by atoms with Gasteiger partial charge in [-0.15, -0.1) is 5.10 Å². The van der Waals surface area contributed by atoms with E-state index in [1.807, 2.05) is 30.4 Å². The molecule has 0 aliphatic carbocycles. The lowest BCUT2D eigenvalue weighted by atomic mass is 10.1. The summed E-state index contributed by atoms with van der Waals surface area (Å²) in [7, 11) is 0. The Morgan fingerprint density at radius 2 is 1.95 bits per heavy atom. The van der Waals surface area contributed by atoms with Gasteiger partial charge in [0.25, 0.3) is 5.91 Å². The van der Waals surface area contributed by atoms with Crippen LogP contribution in [0.5, 0.6) is 0 Å². The van der Waals surface area contributed by atoms with E-state index in [1.165, 1.54) is 0 Å². The van der Waals surface area contributed by atoms with Crippen molar-refractivity contribution in [1.82, 2.24) is 25.2 Å². The zero-order valence-electron chi connectivity index (χ0n) is 14.5. The number of nitrogens with one attached hydrogen (secondary N) is 1. The Morgan fingerprint density at radius 3 is 2.50 bits per heavy atom. The third kappa shape index (κ3) is 3.66. The molecular formula is C16H29N5O. The van der Waals surface area contributed by atoms with Gasteiger partial charge in [-0.05, 0) is 52.6 Å². The molecule has 0 saturated carbocycles. The van der Waals surface area contributed by atoms with Gasteiger partial charge >= 0.3 is 0 Å². The molecule has 1 aromatic rings. The van der Waals surface area contributed by atoms with Crippen molar-refractivity contribution in [3.05, 3.63) is 11.4 Å². The highest BCUT2D eigenvalue weighted by atomic mass is 16.2. The Hall–Kier alpha value is -1.43. The summed E-state index contributed by atoms with van der Waals surface area (Å²) in [5, 5.41) is 11.8. The van der Waals surface area contributed by atoms with Crippen LogP contribution < -0.4 is 5.32 Å². The summed E-state index contributed by atoms with van der Waals surface area (Å²) >= 11 is 0. The first-order valence-corrected chi connectivity index (χ1v) is 8.35. The fourth-order valence-corrected chi connectivity index (χ4v) is 2.99. The van der Waals surface area contributed by atoms with E-state index in [2.05, 4.69) is 29.5 Å². The predicted octanol–water partition coefficient (Wildman–Crippen LogP) is 2.02. The van der Waals surface area contributed by atoms with Gasteiger partial charge in [-0.2, -0.15) is 0 Å². The Morgan fingerprint density at radius 1 is 1.32 bits per heavy atom. The average molecular weight is 307 g/mol. The van der Waals surface area contributed by atoms with Gasteiger partial charge in [0.05, 0.1) is 11.7 Å². The van der Waals surface area contributed by atoms with E-state index in [9.17, 15) is 4.79 Å². The van der Waals surface area contributed by atoms with Gasteiger partial charge < -0.3 is 10.2 Å². The monoisotopic (exact) mass is 307 g/mol. The van der Waals surface area contributed by atoms with Gasteiger partial charge in [0.15, 0.2) is 5.69 Å². The second-order valence-corrected chi connectivity index (χ2v) is 6.89. The van der Waals surface area contributed by atoms with Crippen molar-refractivity contribution in [2.45, 2.75) is 59.5 Å². The van der Waals surface area contributed by atoms with Gasteiger partial charge in [0, 0.05) is 12.6 Å². The third-order valence-electron chi connectivity index (χ3n) is 4.23. The molecule has 0 aromatic carbocycles. The molecule has 22 heavy (non-hydrogen) atoms. The second kappa shape index (κ2) is 7.22. The molecule has 6 nitrogen and oxygen atoms in total. The number of rotatable bonds is 5. The largest absolute Gasteiger partial charge is 0.335 e. The molecule has 1 N–H and O–H groups in total. The average Bonchev–Trinajstić information content (AvgIpc) is 2.86. The Balaban J connectivity index is 2.20. The van der Waals surface area contributed by atoms with Gasteiger partial charge in [-0.3, -0.25) is 4.79 Å². The van der Waals surface area contributed by atoms with E-state index in [-0.39, 0.29) is 11.9 Å². The minimum Gasteiger partial charge on any atom is -0.335 e. The summed E-state index contributed by atoms with van der Waals surface area (Å²) in [6.07, 6.45) is 2.08. The van der Waals surface area contributed by atoms with Crippen LogP contribution in [-0.2, 0) is 0 Å². The van der Waals surface area contributed by atoms with Crippen LogP contribution in [0.2, 0.25) is 0 Å². The van der Waals surface area contributed by atoms with Crippen molar-refractivity contribution in [1.29, 1.82) is 0 Å². The lowest BCUT2D eigenvalue weighted by Crippen LogP contribution is -2.40. The van der Waals surface area contributed by atoms with E-state index in [0.29, 0.717) is 17.7 Å². The summed E-state index contributed by atoms with van der Waals surface area (Å²) in [6.45, 7) is 13.1. The fourth-order valence-electron chi connectivity index (χ4n) is 2.99. The molecule has 1 aliphatic heterocycles. The lowest BCUT2D eigenvalue weighted by molar-refractivity contribution is 0.0675. The third-order valence-corrected chi connectivity index (χ3v) is 4.23. The van der Waals surface area contributed by atoms with Crippen LogP contribution in [0, 0.1) is 12.8 Å². The maximum Gasteiger partial charge on any atom is 0.276 e. The van der Waals surface area contributed by atoms with Crippen LogP contribution in [0.3, 0.4) is 0 Å². The minimum atomic E-state index is 0.00128. The SMILES string of the molecule is Cc1c(C(=O)N(CC(C)C)C(C)C)nnn1C1CCNCC1. The number of amides is 1. The minimum absolute atomic E-state index is 0.00128. The van der Waals surface area contributed by atoms with Crippen molar-refractivity contribution in [3.8, 4) is 0 Å². The molecule has 0 radical (unpaired) electrons. The van der Waals surface area contributed by atoms with Crippen molar-refractivity contribution in [2.75, 3.05) is 19.6 Å². The topological polar surface area (TPSA) is 63.1 Å². The quantitative estimate of drug-likeness (QED) is 0.904. The number of nitrogens with zero attached hydrogens (tertiary/aromatic N) is 4. The molecule has 1 aromatic heterocycles. The highest BCUT2D eigenvalue weighted by Gasteiger charge is 2.27. The second-order valence-electron chi connectivity index (χ2n) is 6.89. The highest BCUT2D eigenvalue weighted by molar-refractivity contribution is 5.93. The number of hydrogen-bond acceptors (Lipinski definition) is 4. The Labute approximate surface area is 133 Å². The zero-order chi connectivity index (χ0) is 16.3. The first kappa shape index (κ1) is 16.9. The van der Waals surface area contributed by atoms with Crippen molar-refractivity contribution < 1.29 is 4.79 Å². The first-order chi connectivity index (χ1) is 10.4. The number of aromatic nitrogens is 3. The molecular weight excluding hydrogens is 278 g/mol. The van der Waals surface area contributed by atoms with Gasteiger partial charge in [-0.1, -0.05) is 19.1 Å². The number of hydrogen-bond donors (Lipinski definition) is 1. The molecule has 0 spiro atoms. The van der Waals surface area contributed by atoms with E-state index in [0.717, 1.165) is 38.2 Å². The van der Waals surface area contributed by atoms with Crippen LogP contribution in [0.25, 0.3) is 0 Å². The number of piperidine rings is 1. The maximum atomic E-state index is 12.8. The number of carbonyl (C=O) groups is 1. The molecule has 2 rings (SSSR count). The first-order valence-electron chi connectivity index (χ1n) is 8.35. The number of carbonyl (C=O) groups excluding carboxylic acids is 1. The van der Waals surface area contributed by atoms with Crippen LogP contribution in [0.4, 0.5) is 0 Å². The van der Waals surface area contributed by atoms with Crippen LogP contribution in [-0.4, -0.2) is 51.5 Å². The van der Waals surface area contributed by atoms with Crippen molar-refractivity contribution in [2.24, 2.45) is 5.92 Å². The molecule has 2 heterocycles. The Kier molecular flexibility index (Phi) is 5.56. The predicted molar refractivity (Wildman–Crippen MR) is 86.9 cm³/mol. The summed E-state index contributed by atoms with van der Waals surface area (Å²) in [5.41, 5.74) is 1.40. The highest BCUT2D eigenvalue weighted by Crippen LogP contribution is 2.21. The van der Waals surface area contributed by atoms with Gasteiger partial charge in [0.2, 0.25) is 0 Å². The molecule has 1 amide bonds. The summed E-state index contributed by atoms with van der Waals surface area (Å²) < 4.78 is 1.95. The standard InChI is InChI=1S/C16H29N5O/c1-11(2)10-20(12(3)4)16(22)15-13(5)21(19-18-15)14-6-8-17-9-7-14/h11-12,14,17H,6-10H2,1-5H3. The molecule has 0 unspecified atom stereocenters. The molecule has 1 saturated heterocycles. The Bertz CT molecular complexity index is 503.